The van der Waals surface area contributed by atoms with Gasteiger partial charge in [-0.1, -0.05) is 0 Å². The first-order valence-electron chi connectivity index (χ1n) is 9.36. The molecule has 0 N–H and O–H groups in total. The van der Waals surface area contributed by atoms with E-state index in [9.17, 15) is 0 Å². The van der Waals surface area contributed by atoms with E-state index in [1.807, 2.05) is 53.4 Å². The van der Waals surface area contributed by atoms with Crippen LogP contribution in [-0.2, 0) is 6.54 Å². The number of likely N-dealkylation sites (tertiary alicyclic amines) is 1. The molecule has 0 amide bonds. The van der Waals surface area contributed by atoms with Gasteiger partial charge in [-0.15, -0.1) is 0 Å². The summed E-state index contributed by atoms with van der Waals surface area (Å²) < 4.78 is 7.40. The third kappa shape index (κ3) is 3.36. The summed E-state index contributed by atoms with van der Waals surface area (Å²) in [6, 6.07) is 12.1. The zero-order chi connectivity index (χ0) is 18.1. The summed E-state index contributed by atoms with van der Waals surface area (Å²) in [6.07, 6.45) is 9.68. The number of piperidine rings is 1. The van der Waals surface area contributed by atoms with Crippen molar-refractivity contribution in [2.24, 2.45) is 0 Å². The Bertz CT molecular complexity index is 1030. The van der Waals surface area contributed by atoms with Gasteiger partial charge in [0.15, 0.2) is 11.5 Å². The molecule has 5 rings (SSSR count). The van der Waals surface area contributed by atoms with Crippen LogP contribution in [0.3, 0.4) is 0 Å². The van der Waals surface area contributed by atoms with Crippen molar-refractivity contribution in [2.75, 3.05) is 13.1 Å². The van der Waals surface area contributed by atoms with E-state index >= 15 is 0 Å². The second-order valence-corrected chi connectivity index (χ2v) is 7.08. The molecule has 0 bridgehead atoms. The van der Waals surface area contributed by atoms with Crippen molar-refractivity contribution in [3.05, 3.63) is 72.8 Å². The van der Waals surface area contributed by atoms with E-state index in [-0.39, 0.29) is 0 Å². The largest absolute Gasteiger partial charge is 0.468 e. The molecular weight excluding hydrogens is 338 g/mol. The molecule has 1 atom stereocenters. The number of furan rings is 1. The molecule has 1 fully saturated rings. The van der Waals surface area contributed by atoms with Gasteiger partial charge in [0.05, 0.1) is 12.8 Å². The van der Waals surface area contributed by atoms with Gasteiger partial charge in [-0.3, -0.25) is 9.88 Å². The predicted molar refractivity (Wildman–Crippen MR) is 102 cm³/mol. The summed E-state index contributed by atoms with van der Waals surface area (Å²) in [7, 11) is 0. The Hall–Kier alpha value is -2.99. The standard InChI is InChI=1S/C21H21N5O/c1-3-18(13-25(11-1)15-19-4-2-12-27-19)21-23-20-6-5-17(14-26(20)24-21)16-7-9-22-10-8-16/h2,4-10,12,14,18H,1,3,11,13,15H2/t18-/m1/s1. The predicted octanol–water partition coefficient (Wildman–Crippen LogP) is 3.76. The van der Waals surface area contributed by atoms with Gasteiger partial charge in [-0.05, 0) is 61.3 Å². The third-order valence-electron chi connectivity index (χ3n) is 5.19. The maximum Gasteiger partial charge on any atom is 0.156 e. The zero-order valence-electron chi connectivity index (χ0n) is 15.0. The summed E-state index contributed by atoms with van der Waals surface area (Å²) in [5, 5.41) is 4.79. The summed E-state index contributed by atoms with van der Waals surface area (Å²) in [4.78, 5) is 11.3. The Labute approximate surface area is 157 Å². The second kappa shape index (κ2) is 6.96. The van der Waals surface area contributed by atoms with Gasteiger partial charge in [0.25, 0.3) is 0 Å². The molecule has 0 unspecified atom stereocenters. The third-order valence-corrected chi connectivity index (χ3v) is 5.19. The highest BCUT2D eigenvalue weighted by Gasteiger charge is 2.25. The molecule has 1 aliphatic rings. The van der Waals surface area contributed by atoms with Gasteiger partial charge in [-0.25, -0.2) is 9.50 Å². The molecule has 0 aliphatic carbocycles. The first-order valence-corrected chi connectivity index (χ1v) is 9.36. The summed E-state index contributed by atoms with van der Waals surface area (Å²) in [5.41, 5.74) is 3.14. The Morgan fingerprint density at radius 1 is 1.07 bits per heavy atom. The van der Waals surface area contributed by atoms with Crippen LogP contribution in [0.25, 0.3) is 16.8 Å². The van der Waals surface area contributed by atoms with E-state index in [0.29, 0.717) is 5.92 Å². The monoisotopic (exact) mass is 359 g/mol. The SMILES string of the molecule is c1coc(CN2CCC[C@@H](c3nc4ccc(-c5ccncc5)cn4n3)C2)c1. The quantitative estimate of drug-likeness (QED) is 0.555. The van der Waals surface area contributed by atoms with E-state index in [0.717, 1.165) is 60.8 Å². The molecule has 136 valence electrons. The van der Waals surface area contributed by atoms with Crippen LogP contribution in [0.1, 0.15) is 30.3 Å². The van der Waals surface area contributed by atoms with Crippen molar-refractivity contribution in [3.63, 3.8) is 0 Å². The molecule has 6 nitrogen and oxygen atoms in total. The number of aromatic nitrogens is 4. The molecule has 6 heteroatoms. The highest BCUT2D eigenvalue weighted by atomic mass is 16.3. The van der Waals surface area contributed by atoms with Gasteiger partial charge in [0.2, 0.25) is 0 Å². The average molecular weight is 359 g/mol. The maximum absolute atomic E-state index is 5.50. The number of nitrogens with zero attached hydrogens (tertiary/aromatic N) is 5. The van der Waals surface area contributed by atoms with Crippen molar-refractivity contribution >= 4 is 5.65 Å². The van der Waals surface area contributed by atoms with E-state index in [4.69, 9.17) is 14.5 Å². The minimum Gasteiger partial charge on any atom is -0.468 e. The lowest BCUT2D eigenvalue weighted by Gasteiger charge is -2.30. The molecule has 1 aliphatic heterocycles. The summed E-state index contributed by atoms with van der Waals surface area (Å²) >= 11 is 0. The molecular formula is C21H21N5O. The number of pyridine rings is 2. The number of fused-ring (bicyclic) bond motifs is 1. The van der Waals surface area contributed by atoms with Crippen molar-refractivity contribution in [1.29, 1.82) is 0 Å². The van der Waals surface area contributed by atoms with Crippen LogP contribution in [0.15, 0.2) is 65.7 Å². The van der Waals surface area contributed by atoms with E-state index in [1.165, 1.54) is 0 Å². The van der Waals surface area contributed by atoms with Crippen LogP contribution < -0.4 is 0 Å². The zero-order valence-corrected chi connectivity index (χ0v) is 15.0. The summed E-state index contributed by atoms with van der Waals surface area (Å²) in [6.45, 7) is 2.91. The van der Waals surface area contributed by atoms with Crippen molar-refractivity contribution in [3.8, 4) is 11.1 Å². The Balaban J connectivity index is 1.38. The highest BCUT2D eigenvalue weighted by molar-refractivity contribution is 5.63. The van der Waals surface area contributed by atoms with Gasteiger partial charge in [-0.2, -0.15) is 5.10 Å². The number of hydrogen-bond acceptors (Lipinski definition) is 5. The van der Waals surface area contributed by atoms with E-state index in [2.05, 4.69) is 16.0 Å². The Kier molecular flexibility index (Phi) is 4.18. The molecule has 27 heavy (non-hydrogen) atoms. The fourth-order valence-electron chi connectivity index (χ4n) is 3.82. The first kappa shape index (κ1) is 16.2. The molecule has 1 saturated heterocycles. The molecule has 0 saturated carbocycles. The maximum atomic E-state index is 5.50. The van der Waals surface area contributed by atoms with Crippen LogP contribution in [-0.4, -0.2) is 37.6 Å². The van der Waals surface area contributed by atoms with Gasteiger partial charge < -0.3 is 4.42 Å². The lowest BCUT2D eigenvalue weighted by atomic mass is 9.97. The average Bonchev–Trinajstić information content (AvgIpc) is 3.38. The molecule has 4 aromatic rings. The fourth-order valence-corrected chi connectivity index (χ4v) is 3.82. The van der Waals surface area contributed by atoms with Crippen molar-refractivity contribution in [2.45, 2.75) is 25.3 Å². The Morgan fingerprint density at radius 3 is 2.85 bits per heavy atom. The van der Waals surface area contributed by atoms with E-state index in [1.54, 1.807) is 6.26 Å². The van der Waals surface area contributed by atoms with Crippen LogP contribution >= 0.6 is 0 Å². The number of rotatable bonds is 4. The van der Waals surface area contributed by atoms with Crippen LogP contribution in [0.5, 0.6) is 0 Å². The molecule has 0 radical (unpaired) electrons. The minimum absolute atomic E-state index is 0.359. The molecule has 5 heterocycles. The van der Waals surface area contributed by atoms with Crippen molar-refractivity contribution in [1.82, 2.24) is 24.5 Å². The molecule has 4 aromatic heterocycles. The van der Waals surface area contributed by atoms with Crippen molar-refractivity contribution < 1.29 is 4.42 Å². The van der Waals surface area contributed by atoms with Crippen LogP contribution in [0.4, 0.5) is 0 Å². The Morgan fingerprint density at radius 2 is 2.00 bits per heavy atom. The minimum atomic E-state index is 0.359. The number of hydrogen-bond donors (Lipinski definition) is 0. The van der Waals surface area contributed by atoms with Gasteiger partial charge in [0, 0.05) is 36.6 Å². The lowest BCUT2D eigenvalue weighted by molar-refractivity contribution is 0.183. The highest BCUT2D eigenvalue weighted by Crippen LogP contribution is 2.27. The second-order valence-electron chi connectivity index (χ2n) is 7.08. The van der Waals surface area contributed by atoms with Gasteiger partial charge >= 0.3 is 0 Å². The van der Waals surface area contributed by atoms with Crippen LogP contribution in [0, 0.1) is 0 Å². The first-order chi connectivity index (χ1) is 13.3. The van der Waals surface area contributed by atoms with Gasteiger partial charge in [0.1, 0.15) is 5.76 Å². The van der Waals surface area contributed by atoms with Crippen LogP contribution in [0.2, 0.25) is 0 Å². The van der Waals surface area contributed by atoms with E-state index < -0.39 is 0 Å². The molecule has 0 spiro atoms. The summed E-state index contributed by atoms with van der Waals surface area (Å²) in [5.74, 6) is 2.31. The lowest BCUT2D eigenvalue weighted by Crippen LogP contribution is -2.34. The normalized spacial score (nSPS) is 18.1. The smallest absolute Gasteiger partial charge is 0.156 e. The topological polar surface area (TPSA) is 59.5 Å². The molecule has 0 aromatic carbocycles. The fraction of sp³-hybridized carbons (Fsp3) is 0.286.